The zero-order valence-corrected chi connectivity index (χ0v) is 21.6. The minimum absolute atomic E-state index is 0.0350. The maximum atomic E-state index is 13.7. The summed E-state index contributed by atoms with van der Waals surface area (Å²) in [5.74, 6) is 1.56. The third-order valence-corrected chi connectivity index (χ3v) is 6.10. The van der Waals surface area contributed by atoms with Crippen LogP contribution in [0, 0.1) is 10.1 Å². The zero-order valence-electron chi connectivity index (χ0n) is 21.6. The van der Waals surface area contributed by atoms with Crippen molar-refractivity contribution in [2.24, 2.45) is 10.2 Å². The molecule has 0 N–H and O–H groups in total. The molecule has 1 heterocycles. The highest BCUT2D eigenvalue weighted by Crippen LogP contribution is 2.32. The molecule has 0 atom stereocenters. The van der Waals surface area contributed by atoms with Crippen molar-refractivity contribution >= 4 is 40.1 Å². The molecule has 1 aromatic heterocycles. The summed E-state index contributed by atoms with van der Waals surface area (Å²) in [6.07, 6.45) is 3.65. The van der Waals surface area contributed by atoms with Crippen molar-refractivity contribution in [3.05, 3.63) is 123 Å². The van der Waals surface area contributed by atoms with Crippen molar-refractivity contribution < 1.29 is 14.4 Å². The summed E-state index contributed by atoms with van der Waals surface area (Å²) in [7, 11) is 3.11. The molecule has 5 aromatic rings. The van der Waals surface area contributed by atoms with Gasteiger partial charge in [0.2, 0.25) is 0 Å². The number of benzene rings is 4. The predicted octanol–water partition coefficient (Wildman–Crippen LogP) is 6.90. The van der Waals surface area contributed by atoms with Crippen LogP contribution in [0.1, 0.15) is 11.4 Å². The van der Waals surface area contributed by atoms with Crippen LogP contribution in [0.15, 0.2) is 106 Å². The van der Waals surface area contributed by atoms with Gasteiger partial charge in [-0.25, -0.2) is 4.98 Å². The van der Waals surface area contributed by atoms with Crippen molar-refractivity contribution in [3.63, 3.8) is 0 Å². The molecule has 4 aromatic carbocycles. The molecular weight excluding hydrogens is 510 g/mol. The maximum absolute atomic E-state index is 13.7. The summed E-state index contributed by atoms with van der Waals surface area (Å²) >= 11 is 0. The van der Waals surface area contributed by atoms with Gasteiger partial charge in [-0.15, -0.1) is 5.11 Å². The lowest BCUT2D eigenvalue weighted by Crippen LogP contribution is -2.22. The molecule has 0 unspecified atom stereocenters. The lowest BCUT2D eigenvalue weighted by atomic mass is 10.2. The summed E-state index contributed by atoms with van der Waals surface area (Å²) in [4.78, 5) is 28.8. The summed E-state index contributed by atoms with van der Waals surface area (Å²) in [5.41, 5.74) is 2.62. The second-order valence-corrected chi connectivity index (χ2v) is 8.56. The third-order valence-electron chi connectivity index (χ3n) is 6.10. The van der Waals surface area contributed by atoms with Crippen LogP contribution in [-0.2, 0) is 0 Å². The fourth-order valence-corrected chi connectivity index (χ4v) is 4.04. The molecule has 0 saturated carbocycles. The highest BCUT2D eigenvalue weighted by atomic mass is 16.6. The van der Waals surface area contributed by atoms with Gasteiger partial charge in [-0.05, 0) is 60.2 Å². The number of rotatable bonds is 8. The van der Waals surface area contributed by atoms with E-state index in [0.29, 0.717) is 39.5 Å². The number of aromatic nitrogens is 2. The molecule has 0 amide bonds. The molecule has 0 saturated heterocycles. The van der Waals surface area contributed by atoms with Crippen LogP contribution in [0.3, 0.4) is 0 Å². The van der Waals surface area contributed by atoms with E-state index >= 15 is 0 Å². The van der Waals surface area contributed by atoms with Crippen LogP contribution >= 0.6 is 0 Å². The van der Waals surface area contributed by atoms with E-state index in [1.807, 2.05) is 36.4 Å². The summed E-state index contributed by atoms with van der Waals surface area (Å²) in [6, 6.07) is 25.5. The molecule has 0 spiro atoms. The van der Waals surface area contributed by atoms with E-state index in [2.05, 4.69) is 10.2 Å². The van der Waals surface area contributed by atoms with Crippen LogP contribution in [0.2, 0.25) is 0 Å². The molecular formula is C30H23N5O5. The number of ether oxygens (including phenoxy) is 2. The van der Waals surface area contributed by atoms with Gasteiger partial charge in [-0.3, -0.25) is 19.5 Å². The minimum Gasteiger partial charge on any atom is -0.497 e. The molecule has 0 bridgehead atoms. The van der Waals surface area contributed by atoms with Crippen LogP contribution in [0.5, 0.6) is 11.5 Å². The fraction of sp³-hybridized carbons (Fsp3) is 0.0667. The SMILES string of the molecule is COc1ccc(/C=C/c2nc3ccccc3c(=O)n2-c2ccc(N=Nc3ccc([N+](=O)[O-])cc3)c(OC)c2)cc1. The number of azo groups is 1. The largest absolute Gasteiger partial charge is 0.497 e. The Morgan fingerprint density at radius 3 is 2.33 bits per heavy atom. The molecule has 0 aliphatic carbocycles. The van der Waals surface area contributed by atoms with Crippen LogP contribution in [0.4, 0.5) is 17.1 Å². The average Bonchev–Trinajstić information content (AvgIpc) is 2.99. The second kappa shape index (κ2) is 11.4. The Hall–Kier alpha value is -5.64. The number of nitro groups is 1. The molecule has 0 radical (unpaired) electrons. The number of fused-ring (bicyclic) bond motifs is 1. The first-order chi connectivity index (χ1) is 19.5. The summed E-state index contributed by atoms with van der Waals surface area (Å²) in [6.45, 7) is 0. The van der Waals surface area contributed by atoms with Gasteiger partial charge in [0.15, 0.2) is 0 Å². The Bertz CT molecular complexity index is 1810. The van der Waals surface area contributed by atoms with E-state index in [1.165, 1.54) is 35.9 Å². The Labute approximate surface area is 228 Å². The van der Waals surface area contributed by atoms with Crippen molar-refractivity contribution in [1.29, 1.82) is 0 Å². The van der Waals surface area contributed by atoms with Crippen LogP contribution < -0.4 is 15.0 Å². The Kier molecular flexibility index (Phi) is 7.41. The number of hydrogen-bond donors (Lipinski definition) is 0. The average molecular weight is 534 g/mol. The van der Waals surface area contributed by atoms with Gasteiger partial charge in [-0.2, -0.15) is 5.11 Å². The van der Waals surface area contributed by atoms with Gasteiger partial charge >= 0.3 is 0 Å². The van der Waals surface area contributed by atoms with E-state index in [4.69, 9.17) is 14.5 Å². The van der Waals surface area contributed by atoms with Gasteiger partial charge < -0.3 is 9.47 Å². The first-order valence-electron chi connectivity index (χ1n) is 12.2. The number of nitro benzene ring substituents is 1. The molecule has 10 heteroatoms. The lowest BCUT2D eigenvalue weighted by Gasteiger charge is -2.13. The Balaban J connectivity index is 1.55. The molecule has 5 rings (SSSR count). The highest BCUT2D eigenvalue weighted by Gasteiger charge is 2.14. The van der Waals surface area contributed by atoms with Crippen LogP contribution in [0.25, 0.3) is 28.7 Å². The molecule has 0 aliphatic rings. The number of methoxy groups -OCH3 is 2. The summed E-state index contributed by atoms with van der Waals surface area (Å²) < 4.78 is 12.3. The second-order valence-electron chi connectivity index (χ2n) is 8.56. The van der Waals surface area contributed by atoms with Gasteiger partial charge in [-0.1, -0.05) is 30.3 Å². The van der Waals surface area contributed by atoms with Crippen molar-refractivity contribution in [2.75, 3.05) is 14.2 Å². The fourth-order valence-electron chi connectivity index (χ4n) is 4.04. The van der Waals surface area contributed by atoms with Crippen molar-refractivity contribution in [1.82, 2.24) is 9.55 Å². The minimum atomic E-state index is -0.479. The third kappa shape index (κ3) is 5.46. The zero-order chi connectivity index (χ0) is 28.1. The standard InChI is InChI=1S/C30H23N5O5/c1-39-24-15-7-20(8-16-24)9-18-29-31-26-6-4-3-5-25(26)30(36)34(29)23-14-17-27(28(19-23)40-2)33-32-21-10-12-22(13-11-21)35(37)38/h3-19H,1-2H3/b18-9+,33-32?. The summed E-state index contributed by atoms with van der Waals surface area (Å²) in [5, 5.41) is 19.8. The van der Waals surface area contributed by atoms with Gasteiger partial charge in [0.05, 0.1) is 41.4 Å². The quantitative estimate of drug-likeness (QED) is 0.122. The molecule has 0 fully saturated rings. The smallest absolute Gasteiger partial charge is 0.269 e. The van der Waals surface area contributed by atoms with Crippen molar-refractivity contribution in [3.8, 4) is 17.2 Å². The molecule has 0 aliphatic heterocycles. The molecule has 198 valence electrons. The molecule has 40 heavy (non-hydrogen) atoms. The van der Waals surface area contributed by atoms with E-state index in [9.17, 15) is 14.9 Å². The normalized spacial score (nSPS) is 11.3. The van der Waals surface area contributed by atoms with Gasteiger partial charge in [0.25, 0.3) is 11.2 Å². The van der Waals surface area contributed by atoms with E-state index in [0.717, 1.165) is 11.3 Å². The molecule has 10 nitrogen and oxygen atoms in total. The monoisotopic (exact) mass is 533 g/mol. The Morgan fingerprint density at radius 1 is 0.875 bits per heavy atom. The highest BCUT2D eigenvalue weighted by molar-refractivity contribution is 5.80. The number of para-hydroxylation sites is 1. The van der Waals surface area contributed by atoms with Gasteiger partial charge in [0, 0.05) is 18.2 Å². The maximum Gasteiger partial charge on any atom is 0.269 e. The number of nitrogens with zero attached hydrogens (tertiary/aromatic N) is 5. The topological polar surface area (TPSA) is 121 Å². The lowest BCUT2D eigenvalue weighted by molar-refractivity contribution is -0.384. The van der Waals surface area contributed by atoms with E-state index < -0.39 is 4.92 Å². The van der Waals surface area contributed by atoms with E-state index in [1.54, 1.807) is 49.6 Å². The van der Waals surface area contributed by atoms with Gasteiger partial charge in [0.1, 0.15) is 23.0 Å². The number of non-ortho nitro benzene ring substituents is 1. The van der Waals surface area contributed by atoms with Crippen molar-refractivity contribution in [2.45, 2.75) is 0 Å². The van der Waals surface area contributed by atoms with E-state index in [-0.39, 0.29) is 11.2 Å². The first kappa shape index (κ1) is 26.0. The first-order valence-corrected chi connectivity index (χ1v) is 12.2. The number of hydrogen-bond acceptors (Lipinski definition) is 8. The van der Waals surface area contributed by atoms with Crippen LogP contribution in [-0.4, -0.2) is 28.7 Å². The Morgan fingerprint density at radius 2 is 1.62 bits per heavy atom. The predicted molar refractivity (Wildman–Crippen MR) is 153 cm³/mol.